The third-order valence-electron chi connectivity index (χ3n) is 2.47. The van der Waals surface area contributed by atoms with E-state index >= 15 is 0 Å². The van der Waals surface area contributed by atoms with E-state index in [0.29, 0.717) is 0 Å². The zero-order valence-corrected chi connectivity index (χ0v) is 10.9. The van der Waals surface area contributed by atoms with Crippen molar-refractivity contribution in [3.63, 3.8) is 0 Å². The Bertz CT molecular complexity index is 552. The topological polar surface area (TPSA) is 54.1 Å². The van der Waals surface area contributed by atoms with Crippen LogP contribution in [0.4, 0.5) is 5.69 Å². The van der Waals surface area contributed by atoms with E-state index < -0.39 is 0 Å². The molecule has 1 heterocycles. The molecule has 0 aliphatic carbocycles. The van der Waals surface area contributed by atoms with Gasteiger partial charge in [0.15, 0.2) is 0 Å². The Hall–Kier alpha value is -1.81. The van der Waals surface area contributed by atoms with Crippen LogP contribution in [0.1, 0.15) is 20.8 Å². The number of ether oxygens (including phenoxy) is 1. The van der Waals surface area contributed by atoms with Gasteiger partial charge in [-0.05, 0) is 45.0 Å². The first-order valence-electron chi connectivity index (χ1n) is 5.95. The SMILES string of the molecule is CC(C)(C)OCC(=O)Nc1ccc2[nH]ccc2c1. The van der Waals surface area contributed by atoms with Crippen LogP contribution >= 0.6 is 0 Å². The second-order valence-corrected chi connectivity index (χ2v) is 5.23. The van der Waals surface area contributed by atoms with Crippen molar-refractivity contribution in [2.24, 2.45) is 0 Å². The Morgan fingerprint density at radius 3 is 2.83 bits per heavy atom. The number of aromatic nitrogens is 1. The highest BCUT2D eigenvalue weighted by molar-refractivity contribution is 5.94. The molecule has 96 valence electrons. The van der Waals surface area contributed by atoms with Gasteiger partial charge in [0.25, 0.3) is 0 Å². The van der Waals surface area contributed by atoms with E-state index in [2.05, 4.69) is 10.3 Å². The summed E-state index contributed by atoms with van der Waals surface area (Å²) in [6.07, 6.45) is 1.87. The zero-order chi connectivity index (χ0) is 13.2. The summed E-state index contributed by atoms with van der Waals surface area (Å²) >= 11 is 0. The number of hydrogen-bond donors (Lipinski definition) is 2. The van der Waals surface area contributed by atoms with Crippen LogP contribution in [0.3, 0.4) is 0 Å². The fourth-order valence-corrected chi connectivity index (χ4v) is 1.61. The highest BCUT2D eigenvalue weighted by Crippen LogP contribution is 2.17. The predicted octanol–water partition coefficient (Wildman–Crippen LogP) is 2.92. The molecular weight excluding hydrogens is 228 g/mol. The summed E-state index contributed by atoms with van der Waals surface area (Å²) in [7, 11) is 0. The van der Waals surface area contributed by atoms with Crippen molar-refractivity contribution >= 4 is 22.5 Å². The van der Waals surface area contributed by atoms with Crippen molar-refractivity contribution < 1.29 is 9.53 Å². The van der Waals surface area contributed by atoms with Gasteiger partial charge in [-0.1, -0.05) is 0 Å². The molecule has 0 unspecified atom stereocenters. The molecule has 18 heavy (non-hydrogen) atoms. The van der Waals surface area contributed by atoms with E-state index in [-0.39, 0.29) is 18.1 Å². The molecule has 1 aromatic carbocycles. The van der Waals surface area contributed by atoms with E-state index in [9.17, 15) is 4.79 Å². The number of carbonyl (C=O) groups is 1. The van der Waals surface area contributed by atoms with E-state index in [1.807, 2.05) is 51.2 Å². The van der Waals surface area contributed by atoms with E-state index in [0.717, 1.165) is 16.6 Å². The number of benzene rings is 1. The molecule has 0 saturated heterocycles. The van der Waals surface area contributed by atoms with Crippen LogP contribution in [0, 0.1) is 0 Å². The minimum absolute atomic E-state index is 0.0642. The lowest BCUT2D eigenvalue weighted by Crippen LogP contribution is -2.27. The predicted molar refractivity (Wildman–Crippen MR) is 72.6 cm³/mol. The number of amides is 1. The van der Waals surface area contributed by atoms with Crippen molar-refractivity contribution in [2.45, 2.75) is 26.4 Å². The average Bonchev–Trinajstić information content (AvgIpc) is 2.72. The number of rotatable bonds is 3. The molecule has 4 heteroatoms. The van der Waals surface area contributed by atoms with Gasteiger partial charge >= 0.3 is 0 Å². The summed E-state index contributed by atoms with van der Waals surface area (Å²) < 4.78 is 5.42. The lowest BCUT2D eigenvalue weighted by Gasteiger charge is -2.18. The Morgan fingerprint density at radius 2 is 2.11 bits per heavy atom. The number of anilines is 1. The van der Waals surface area contributed by atoms with Crippen LogP contribution in [0.2, 0.25) is 0 Å². The minimum atomic E-state index is -0.304. The van der Waals surface area contributed by atoms with Crippen LogP contribution in [-0.2, 0) is 9.53 Å². The summed E-state index contributed by atoms with van der Waals surface area (Å²) in [5.74, 6) is -0.139. The maximum atomic E-state index is 11.7. The van der Waals surface area contributed by atoms with Gasteiger partial charge in [0.1, 0.15) is 6.61 Å². The second kappa shape index (κ2) is 4.82. The van der Waals surface area contributed by atoms with Gasteiger partial charge in [-0.15, -0.1) is 0 Å². The first kappa shape index (κ1) is 12.6. The Labute approximate surface area is 106 Å². The normalized spacial score (nSPS) is 11.7. The standard InChI is InChI=1S/C14H18N2O2/c1-14(2,3)18-9-13(17)16-11-4-5-12-10(8-11)6-7-15-12/h4-8,15H,9H2,1-3H3,(H,16,17). The van der Waals surface area contributed by atoms with Crippen LogP contribution in [0.15, 0.2) is 30.5 Å². The monoisotopic (exact) mass is 246 g/mol. The van der Waals surface area contributed by atoms with Crippen LogP contribution in [-0.4, -0.2) is 23.1 Å². The average molecular weight is 246 g/mol. The quantitative estimate of drug-likeness (QED) is 0.874. The molecule has 0 bridgehead atoms. The lowest BCUT2D eigenvalue weighted by molar-refractivity contribution is -0.125. The Kier molecular flexibility index (Phi) is 3.39. The van der Waals surface area contributed by atoms with Gasteiger partial charge in [-0.2, -0.15) is 0 Å². The molecule has 1 amide bonds. The number of carbonyl (C=O) groups excluding carboxylic acids is 1. The second-order valence-electron chi connectivity index (χ2n) is 5.23. The van der Waals surface area contributed by atoms with Gasteiger partial charge in [-0.3, -0.25) is 4.79 Å². The molecule has 2 N–H and O–H groups in total. The first-order chi connectivity index (χ1) is 8.44. The molecule has 0 saturated carbocycles. The third kappa shape index (κ3) is 3.34. The van der Waals surface area contributed by atoms with Gasteiger partial charge in [-0.25, -0.2) is 0 Å². The molecule has 0 aliphatic heterocycles. The maximum absolute atomic E-state index is 11.7. The summed E-state index contributed by atoms with van der Waals surface area (Å²) in [4.78, 5) is 14.8. The van der Waals surface area contributed by atoms with Crippen LogP contribution in [0.5, 0.6) is 0 Å². The molecular formula is C14H18N2O2. The molecule has 0 fully saturated rings. The highest BCUT2D eigenvalue weighted by Gasteiger charge is 2.12. The van der Waals surface area contributed by atoms with Gasteiger partial charge in [0.05, 0.1) is 5.60 Å². The summed E-state index contributed by atoms with van der Waals surface area (Å²) in [5, 5.41) is 3.89. The van der Waals surface area contributed by atoms with Crippen molar-refractivity contribution in [2.75, 3.05) is 11.9 Å². The minimum Gasteiger partial charge on any atom is -0.366 e. The number of fused-ring (bicyclic) bond motifs is 1. The smallest absolute Gasteiger partial charge is 0.250 e. The number of aromatic amines is 1. The number of nitrogens with one attached hydrogen (secondary N) is 2. The maximum Gasteiger partial charge on any atom is 0.250 e. The molecule has 0 atom stereocenters. The fraction of sp³-hybridized carbons (Fsp3) is 0.357. The van der Waals surface area contributed by atoms with E-state index in [4.69, 9.17) is 4.74 Å². The van der Waals surface area contributed by atoms with Crippen molar-refractivity contribution in [3.8, 4) is 0 Å². The molecule has 1 aromatic heterocycles. The summed E-state index contributed by atoms with van der Waals surface area (Å²) in [5.41, 5.74) is 1.53. The van der Waals surface area contributed by atoms with Crippen molar-refractivity contribution in [1.29, 1.82) is 0 Å². The highest BCUT2D eigenvalue weighted by atomic mass is 16.5. The van der Waals surface area contributed by atoms with Gasteiger partial charge in [0.2, 0.25) is 5.91 Å². The lowest BCUT2D eigenvalue weighted by atomic mass is 10.2. The van der Waals surface area contributed by atoms with Crippen LogP contribution < -0.4 is 5.32 Å². The largest absolute Gasteiger partial charge is 0.366 e. The molecule has 0 radical (unpaired) electrons. The van der Waals surface area contributed by atoms with E-state index in [1.54, 1.807) is 0 Å². The molecule has 2 rings (SSSR count). The van der Waals surface area contributed by atoms with Gasteiger partial charge in [0, 0.05) is 22.8 Å². The summed E-state index contributed by atoms with van der Waals surface area (Å²) in [6.45, 7) is 5.83. The number of hydrogen-bond acceptors (Lipinski definition) is 2. The summed E-state index contributed by atoms with van der Waals surface area (Å²) in [6, 6.07) is 7.71. The molecule has 2 aromatic rings. The third-order valence-corrected chi connectivity index (χ3v) is 2.47. The Balaban J connectivity index is 1.98. The zero-order valence-electron chi connectivity index (χ0n) is 10.9. The van der Waals surface area contributed by atoms with Crippen molar-refractivity contribution in [1.82, 2.24) is 4.98 Å². The van der Waals surface area contributed by atoms with Crippen LogP contribution in [0.25, 0.3) is 10.9 Å². The fourth-order valence-electron chi connectivity index (χ4n) is 1.61. The first-order valence-corrected chi connectivity index (χ1v) is 5.95. The van der Waals surface area contributed by atoms with Crippen molar-refractivity contribution in [3.05, 3.63) is 30.5 Å². The van der Waals surface area contributed by atoms with E-state index in [1.165, 1.54) is 0 Å². The Morgan fingerprint density at radius 1 is 1.33 bits per heavy atom. The molecule has 0 aliphatic rings. The van der Waals surface area contributed by atoms with Gasteiger partial charge < -0.3 is 15.0 Å². The molecule has 4 nitrogen and oxygen atoms in total. The number of H-pyrrole nitrogens is 1. The molecule has 0 spiro atoms.